The lowest BCUT2D eigenvalue weighted by atomic mass is 10.2. The van der Waals surface area contributed by atoms with Crippen molar-refractivity contribution >= 4 is 12.1 Å². The molecular weight excluding hydrogens is 376 g/mol. The van der Waals surface area contributed by atoms with Crippen molar-refractivity contribution in [1.82, 2.24) is 5.43 Å². The first-order valence-corrected chi connectivity index (χ1v) is 10.1. The SMILES string of the molecule is CCCCOc1ccc(C(=O)N/N=C\c2cccc(OCc3ccccc3)c2)cc1. The summed E-state index contributed by atoms with van der Waals surface area (Å²) in [5.41, 5.74) is 5.00. The number of carbonyl (C=O) groups is 1. The average molecular weight is 402 g/mol. The summed E-state index contributed by atoms with van der Waals surface area (Å²) in [6.07, 6.45) is 3.69. The van der Waals surface area contributed by atoms with Crippen LogP contribution in [-0.2, 0) is 6.61 Å². The first-order chi connectivity index (χ1) is 14.7. The number of nitrogens with zero attached hydrogens (tertiary/aromatic N) is 1. The largest absolute Gasteiger partial charge is 0.494 e. The number of benzene rings is 3. The van der Waals surface area contributed by atoms with Crippen molar-refractivity contribution in [3.05, 3.63) is 95.6 Å². The van der Waals surface area contributed by atoms with Gasteiger partial charge in [0.1, 0.15) is 18.1 Å². The third-order valence-electron chi connectivity index (χ3n) is 4.37. The third kappa shape index (κ3) is 6.78. The molecule has 3 aromatic carbocycles. The van der Waals surface area contributed by atoms with Crippen LogP contribution in [0.1, 0.15) is 41.3 Å². The number of hydrazone groups is 1. The molecule has 0 spiro atoms. The van der Waals surface area contributed by atoms with Gasteiger partial charge in [0, 0.05) is 5.56 Å². The molecule has 0 heterocycles. The smallest absolute Gasteiger partial charge is 0.271 e. The van der Waals surface area contributed by atoms with Crippen LogP contribution in [0.15, 0.2) is 84.0 Å². The van der Waals surface area contributed by atoms with Gasteiger partial charge in [-0.1, -0.05) is 55.8 Å². The number of nitrogens with one attached hydrogen (secondary N) is 1. The average Bonchev–Trinajstić information content (AvgIpc) is 2.79. The number of carbonyl (C=O) groups excluding carboxylic acids is 1. The van der Waals surface area contributed by atoms with Crippen LogP contribution in [0.25, 0.3) is 0 Å². The van der Waals surface area contributed by atoms with Gasteiger partial charge in [0.2, 0.25) is 0 Å². The van der Waals surface area contributed by atoms with Crippen LogP contribution in [0.4, 0.5) is 0 Å². The van der Waals surface area contributed by atoms with Crippen molar-refractivity contribution in [2.45, 2.75) is 26.4 Å². The minimum atomic E-state index is -0.275. The van der Waals surface area contributed by atoms with Crippen LogP contribution in [0.5, 0.6) is 11.5 Å². The maximum atomic E-state index is 12.2. The van der Waals surface area contributed by atoms with E-state index < -0.39 is 0 Å². The summed E-state index contributed by atoms with van der Waals surface area (Å²) in [5, 5.41) is 4.05. The summed E-state index contributed by atoms with van der Waals surface area (Å²) in [7, 11) is 0. The number of rotatable bonds is 10. The lowest BCUT2D eigenvalue weighted by Gasteiger charge is -2.07. The first-order valence-electron chi connectivity index (χ1n) is 10.1. The van der Waals surface area contributed by atoms with Gasteiger partial charge in [0.25, 0.3) is 5.91 Å². The summed E-state index contributed by atoms with van der Waals surface area (Å²) < 4.78 is 11.4. The first kappa shape index (κ1) is 21.1. The van der Waals surface area contributed by atoms with Gasteiger partial charge in [-0.05, 0) is 53.9 Å². The predicted octanol–water partition coefficient (Wildman–Crippen LogP) is 5.21. The molecule has 30 heavy (non-hydrogen) atoms. The maximum absolute atomic E-state index is 12.2. The van der Waals surface area contributed by atoms with Crippen LogP contribution in [0, 0.1) is 0 Å². The second-order valence-electron chi connectivity index (χ2n) is 6.77. The Hall–Kier alpha value is -3.60. The monoisotopic (exact) mass is 402 g/mol. The number of unbranched alkanes of at least 4 members (excludes halogenated alkanes) is 1. The second kappa shape index (κ2) is 11.4. The molecule has 1 N–H and O–H groups in total. The third-order valence-corrected chi connectivity index (χ3v) is 4.37. The Morgan fingerprint density at radius 2 is 1.73 bits per heavy atom. The molecule has 0 aliphatic heterocycles. The topological polar surface area (TPSA) is 59.9 Å². The Balaban J connectivity index is 1.50. The minimum absolute atomic E-state index is 0.275. The molecule has 1 amide bonds. The minimum Gasteiger partial charge on any atom is -0.494 e. The van der Waals surface area contributed by atoms with Crippen LogP contribution in [-0.4, -0.2) is 18.7 Å². The standard InChI is InChI=1S/C25H26N2O3/c1-2-3-16-29-23-14-12-22(13-15-23)25(28)27-26-18-21-10-7-11-24(17-21)30-19-20-8-5-4-6-9-20/h4-15,17-18H,2-3,16,19H2,1H3,(H,27,28)/b26-18-. The molecular formula is C25H26N2O3. The quantitative estimate of drug-likeness (QED) is 0.288. The molecule has 3 rings (SSSR count). The molecule has 0 aromatic heterocycles. The lowest BCUT2D eigenvalue weighted by molar-refractivity contribution is 0.0955. The van der Waals surface area contributed by atoms with Crippen molar-refractivity contribution in [2.75, 3.05) is 6.61 Å². The fraction of sp³-hybridized carbons (Fsp3) is 0.200. The summed E-state index contributed by atoms with van der Waals surface area (Å²) in [4.78, 5) is 12.2. The van der Waals surface area contributed by atoms with E-state index >= 15 is 0 Å². The fourth-order valence-corrected chi connectivity index (χ4v) is 2.69. The zero-order valence-electron chi connectivity index (χ0n) is 17.1. The molecule has 0 radical (unpaired) electrons. The van der Waals surface area contributed by atoms with E-state index in [9.17, 15) is 4.79 Å². The summed E-state index contributed by atoms with van der Waals surface area (Å²) >= 11 is 0. The highest BCUT2D eigenvalue weighted by molar-refractivity contribution is 5.95. The molecule has 0 fully saturated rings. The number of amides is 1. The molecule has 0 saturated carbocycles. The zero-order valence-corrected chi connectivity index (χ0v) is 17.1. The molecule has 0 atom stereocenters. The van der Waals surface area contributed by atoms with Gasteiger partial charge in [-0.3, -0.25) is 4.79 Å². The van der Waals surface area contributed by atoms with Gasteiger partial charge in [-0.2, -0.15) is 5.10 Å². The van der Waals surface area contributed by atoms with Crippen molar-refractivity contribution < 1.29 is 14.3 Å². The summed E-state index contributed by atoms with van der Waals surface area (Å²) in [5.74, 6) is 1.23. The molecule has 0 unspecified atom stereocenters. The Morgan fingerprint density at radius 3 is 2.50 bits per heavy atom. The van der Waals surface area contributed by atoms with E-state index in [1.807, 2.05) is 54.6 Å². The molecule has 0 aliphatic rings. The molecule has 5 nitrogen and oxygen atoms in total. The summed E-state index contributed by atoms with van der Waals surface area (Å²) in [6.45, 7) is 3.29. The van der Waals surface area contributed by atoms with Crippen molar-refractivity contribution in [1.29, 1.82) is 0 Å². The Labute approximate surface area is 177 Å². The van der Waals surface area contributed by atoms with Gasteiger partial charge in [0.05, 0.1) is 12.8 Å². The van der Waals surface area contributed by atoms with Crippen LogP contribution in [0.2, 0.25) is 0 Å². The highest BCUT2D eigenvalue weighted by atomic mass is 16.5. The van der Waals surface area contributed by atoms with Crippen molar-refractivity contribution in [3.8, 4) is 11.5 Å². The van der Waals surface area contributed by atoms with E-state index in [-0.39, 0.29) is 5.91 Å². The maximum Gasteiger partial charge on any atom is 0.271 e. The highest BCUT2D eigenvalue weighted by Crippen LogP contribution is 2.15. The van der Waals surface area contributed by atoms with Gasteiger partial charge >= 0.3 is 0 Å². The van der Waals surface area contributed by atoms with E-state index in [1.54, 1.807) is 30.5 Å². The van der Waals surface area contributed by atoms with E-state index in [4.69, 9.17) is 9.47 Å². The fourth-order valence-electron chi connectivity index (χ4n) is 2.69. The number of hydrogen-bond acceptors (Lipinski definition) is 4. The zero-order chi connectivity index (χ0) is 21.0. The highest BCUT2D eigenvalue weighted by Gasteiger charge is 2.04. The van der Waals surface area contributed by atoms with Gasteiger partial charge in [-0.15, -0.1) is 0 Å². The van der Waals surface area contributed by atoms with E-state index in [0.29, 0.717) is 18.8 Å². The Kier molecular flexibility index (Phi) is 8.03. The van der Waals surface area contributed by atoms with Crippen molar-refractivity contribution in [3.63, 3.8) is 0 Å². The van der Waals surface area contributed by atoms with Gasteiger partial charge < -0.3 is 9.47 Å². The van der Waals surface area contributed by atoms with E-state index in [2.05, 4.69) is 17.5 Å². The van der Waals surface area contributed by atoms with Gasteiger partial charge in [-0.25, -0.2) is 5.43 Å². The Morgan fingerprint density at radius 1 is 0.933 bits per heavy atom. The molecule has 0 bridgehead atoms. The van der Waals surface area contributed by atoms with Crippen LogP contribution in [0.3, 0.4) is 0 Å². The predicted molar refractivity (Wildman–Crippen MR) is 119 cm³/mol. The Bertz CT molecular complexity index is 954. The van der Waals surface area contributed by atoms with Gasteiger partial charge in [0.15, 0.2) is 0 Å². The normalized spacial score (nSPS) is 10.7. The molecule has 3 aromatic rings. The molecule has 154 valence electrons. The molecule has 0 aliphatic carbocycles. The summed E-state index contributed by atoms with van der Waals surface area (Å²) in [6, 6.07) is 24.6. The van der Waals surface area contributed by atoms with E-state index in [0.717, 1.165) is 35.5 Å². The molecule has 5 heteroatoms. The van der Waals surface area contributed by atoms with Crippen LogP contribution >= 0.6 is 0 Å². The second-order valence-corrected chi connectivity index (χ2v) is 6.77. The van der Waals surface area contributed by atoms with Crippen molar-refractivity contribution in [2.24, 2.45) is 5.10 Å². The van der Waals surface area contributed by atoms with Crippen LogP contribution < -0.4 is 14.9 Å². The number of hydrogen-bond donors (Lipinski definition) is 1. The molecule has 0 saturated heterocycles. The number of ether oxygens (including phenoxy) is 2. The lowest BCUT2D eigenvalue weighted by Crippen LogP contribution is -2.17. The van der Waals surface area contributed by atoms with E-state index in [1.165, 1.54) is 0 Å².